The minimum atomic E-state index is -2.11. The molecule has 0 unspecified atom stereocenters. The average molecular weight is 303 g/mol. The SMILES string of the molecule is FC(F)CCCCCC[CH2][Sn][Cl]. The van der Waals surface area contributed by atoms with Gasteiger partial charge in [-0.15, -0.1) is 0 Å². The van der Waals surface area contributed by atoms with Gasteiger partial charge in [-0.05, 0) is 0 Å². The molecule has 0 amide bonds. The summed E-state index contributed by atoms with van der Waals surface area (Å²) in [4.78, 5) is 0. The fourth-order valence-electron chi connectivity index (χ4n) is 1.02. The summed E-state index contributed by atoms with van der Waals surface area (Å²) in [6.45, 7) is 0. The van der Waals surface area contributed by atoms with Crippen LogP contribution >= 0.6 is 8.92 Å². The van der Waals surface area contributed by atoms with Crippen molar-refractivity contribution in [1.82, 2.24) is 0 Å². The Morgan fingerprint density at radius 2 is 1.58 bits per heavy atom. The second-order valence-electron chi connectivity index (χ2n) is 2.83. The summed E-state index contributed by atoms with van der Waals surface area (Å²) in [7, 11) is 5.65. The molecule has 0 rings (SSSR count). The van der Waals surface area contributed by atoms with Crippen LogP contribution in [0.1, 0.15) is 38.5 Å². The molecule has 0 aliphatic heterocycles. The van der Waals surface area contributed by atoms with Gasteiger partial charge in [-0.3, -0.25) is 0 Å². The Morgan fingerprint density at radius 3 is 2.17 bits per heavy atom. The monoisotopic (exact) mass is 304 g/mol. The van der Waals surface area contributed by atoms with E-state index in [9.17, 15) is 8.78 Å². The molecule has 0 fully saturated rings. The quantitative estimate of drug-likeness (QED) is 0.472. The molecule has 0 saturated carbocycles. The molecule has 0 atom stereocenters. The molecule has 0 aliphatic rings. The van der Waals surface area contributed by atoms with Crippen molar-refractivity contribution in [2.75, 3.05) is 0 Å². The van der Waals surface area contributed by atoms with Gasteiger partial charge < -0.3 is 0 Å². The van der Waals surface area contributed by atoms with Crippen LogP contribution in [0.3, 0.4) is 0 Å². The number of hydrogen-bond donors (Lipinski definition) is 0. The molecule has 0 aromatic heterocycles. The Labute approximate surface area is 87.0 Å². The number of halogens is 3. The number of alkyl halides is 2. The van der Waals surface area contributed by atoms with Gasteiger partial charge in [0.25, 0.3) is 0 Å². The van der Waals surface area contributed by atoms with E-state index < -0.39 is 26.4 Å². The summed E-state index contributed by atoms with van der Waals surface area (Å²) >= 11 is -0.511. The fourth-order valence-corrected chi connectivity index (χ4v) is 3.01. The first-order valence-electron chi connectivity index (χ1n) is 4.39. The topological polar surface area (TPSA) is 0 Å². The zero-order chi connectivity index (χ0) is 9.23. The number of hydrogen-bond acceptors (Lipinski definition) is 0. The van der Waals surface area contributed by atoms with E-state index in [4.69, 9.17) is 8.92 Å². The molecule has 0 bridgehead atoms. The molecule has 0 N–H and O–H groups in total. The predicted molar refractivity (Wildman–Crippen MR) is 50.1 cm³/mol. The van der Waals surface area contributed by atoms with Crippen molar-refractivity contribution < 1.29 is 8.78 Å². The summed E-state index contributed by atoms with van der Waals surface area (Å²) in [5.41, 5.74) is 0. The molecule has 4 heteroatoms. The van der Waals surface area contributed by atoms with E-state index in [0.717, 1.165) is 12.8 Å². The van der Waals surface area contributed by atoms with Gasteiger partial charge in [0.2, 0.25) is 0 Å². The molecule has 0 spiro atoms. The zero-order valence-corrected chi connectivity index (χ0v) is 10.8. The molecule has 0 aliphatic carbocycles. The second-order valence-corrected chi connectivity index (χ2v) is 6.81. The fraction of sp³-hybridized carbons (Fsp3) is 1.00. The Morgan fingerprint density at radius 1 is 1.00 bits per heavy atom. The van der Waals surface area contributed by atoms with Gasteiger partial charge in [0.1, 0.15) is 0 Å². The summed E-state index contributed by atoms with van der Waals surface area (Å²) in [5, 5.41) is 0. The molecule has 0 aromatic rings. The summed E-state index contributed by atoms with van der Waals surface area (Å²) < 4.78 is 24.5. The van der Waals surface area contributed by atoms with E-state index in [1.54, 1.807) is 0 Å². The first-order valence-corrected chi connectivity index (χ1v) is 10.0. The van der Waals surface area contributed by atoms with E-state index in [1.807, 2.05) is 0 Å². The van der Waals surface area contributed by atoms with Gasteiger partial charge in [-0.2, -0.15) is 0 Å². The third-order valence-electron chi connectivity index (χ3n) is 1.69. The molecule has 72 valence electrons. The van der Waals surface area contributed by atoms with Crippen LogP contribution in [0.2, 0.25) is 4.44 Å². The first kappa shape index (κ1) is 12.9. The van der Waals surface area contributed by atoms with Gasteiger partial charge in [0, 0.05) is 0 Å². The summed E-state index contributed by atoms with van der Waals surface area (Å²) in [6.07, 6.45) is 3.09. The summed E-state index contributed by atoms with van der Waals surface area (Å²) in [6, 6.07) is 0. The van der Waals surface area contributed by atoms with Crippen molar-refractivity contribution in [2.24, 2.45) is 0 Å². The average Bonchev–Trinajstić information content (AvgIpc) is 2.02. The van der Waals surface area contributed by atoms with Gasteiger partial charge in [-0.1, -0.05) is 0 Å². The van der Waals surface area contributed by atoms with Crippen molar-refractivity contribution in [2.45, 2.75) is 49.4 Å². The molecular weight excluding hydrogens is 288 g/mol. The molecule has 2 radical (unpaired) electrons. The van der Waals surface area contributed by atoms with E-state index in [1.165, 1.54) is 17.3 Å². The molecule has 12 heavy (non-hydrogen) atoms. The maximum absolute atomic E-state index is 11.7. The summed E-state index contributed by atoms with van der Waals surface area (Å²) in [5.74, 6) is 0. The normalized spacial score (nSPS) is 11.0. The van der Waals surface area contributed by atoms with Crippen LogP contribution in [0.4, 0.5) is 8.78 Å². The van der Waals surface area contributed by atoms with E-state index in [2.05, 4.69) is 0 Å². The third-order valence-corrected chi connectivity index (χ3v) is 4.51. The maximum atomic E-state index is 11.7. The van der Waals surface area contributed by atoms with Gasteiger partial charge in [0.05, 0.1) is 0 Å². The Hall–Kier alpha value is 0.949. The predicted octanol–water partition coefficient (Wildman–Crippen LogP) is 3.87. The van der Waals surface area contributed by atoms with Crippen LogP contribution in [-0.4, -0.2) is 26.4 Å². The second kappa shape index (κ2) is 10.0. The van der Waals surface area contributed by atoms with E-state index in [-0.39, 0.29) is 6.42 Å². The van der Waals surface area contributed by atoms with Crippen molar-refractivity contribution in [3.63, 3.8) is 0 Å². The van der Waals surface area contributed by atoms with Crippen LogP contribution in [0.5, 0.6) is 0 Å². The van der Waals surface area contributed by atoms with Gasteiger partial charge in [0.15, 0.2) is 0 Å². The Balaban J connectivity index is 2.82. The first-order chi connectivity index (χ1) is 5.77. The molecule has 0 heterocycles. The van der Waals surface area contributed by atoms with Crippen molar-refractivity contribution in [1.29, 1.82) is 0 Å². The number of unbranched alkanes of at least 4 members (excludes halogenated alkanes) is 4. The van der Waals surface area contributed by atoms with Crippen molar-refractivity contribution in [3.05, 3.63) is 0 Å². The van der Waals surface area contributed by atoms with Crippen LogP contribution < -0.4 is 0 Å². The van der Waals surface area contributed by atoms with Crippen molar-refractivity contribution in [3.8, 4) is 0 Å². The molecule has 0 aromatic carbocycles. The minimum absolute atomic E-state index is 0.0756. The van der Waals surface area contributed by atoms with E-state index >= 15 is 0 Å². The van der Waals surface area contributed by atoms with Crippen molar-refractivity contribution >= 4 is 28.9 Å². The zero-order valence-electron chi connectivity index (χ0n) is 7.16. The van der Waals surface area contributed by atoms with Crippen LogP contribution in [0.25, 0.3) is 0 Å². The number of rotatable bonds is 8. The Bertz CT molecular complexity index is 91.1. The van der Waals surface area contributed by atoms with Gasteiger partial charge >= 0.3 is 87.1 Å². The van der Waals surface area contributed by atoms with E-state index in [0.29, 0.717) is 6.42 Å². The molecular formula is C8H15ClF2Sn. The Kier molecular flexibility index (Phi) is 10.8. The molecule has 0 saturated heterocycles. The van der Waals surface area contributed by atoms with Crippen LogP contribution in [0.15, 0.2) is 0 Å². The standard InChI is InChI=1S/C8H15F2.ClH.Sn/c1-2-3-4-5-6-7-8(9)10;;/h8H,1-7H2;1H;/q;;+1/p-1. The van der Waals surface area contributed by atoms with Crippen LogP contribution in [0, 0.1) is 0 Å². The van der Waals surface area contributed by atoms with Gasteiger partial charge in [-0.25, -0.2) is 0 Å². The van der Waals surface area contributed by atoms with Crippen LogP contribution in [-0.2, 0) is 0 Å². The molecule has 0 nitrogen and oxygen atoms in total. The third kappa shape index (κ3) is 10.9.